The highest BCUT2D eigenvalue weighted by molar-refractivity contribution is 6.32. The van der Waals surface area contributed by atoms with E-state index in [1.165, 1.54) is 5.39 Å². The summed E-state index contributed by atoms with van der Waals surface area (Å²) >= 11 is 0. The minimum Gasteiger partial charge on any atom is -0.354 e. The van der Waals surface area contributed by atoms with E-state index in [1.54, 1.807) is 0 Å². The number of aromatic amines is 1. The summed E-state index contributed by atoms with van der Waals surface area (Å²) in [6.45, 7) is 0. The van der Waals surface area contributed by atoms with Crippen molar-refractivity contribution in [2.75, 3.05) is 0 Å². The molecule has 2 nitrogen and oxygen atoms in total. The highest BCUT2D eigenvalue weighted by Crippen LogP contribution is 2.27. The van der Waals surface area contributed by atoms with Gasteiger partial charge in [0.05, 0.1) is 11.2 Å². The van der Waals surface area contributed by atoms with Crippen molar-refractivity contribution in [1.82, 2.24) is 9.97 Å². The Labute approximate surface area is 117 Å². The number of fused-ring (bicyclic) bond motifs is 3. The normalized spacial score (nSPS) is 11.2. The van der Waals surface area contributed by atoms with Crippen LogP contribution in [0.3, 0.4) is 0 Å². The van der Waals surface area contributed by atoms with Gasteiger partial charge in [-0.15, -0.1) is 0 Å². The van der Waals surface area contributed by atoms with Crippen LogP contribution < -0.4 is 5.46 Å². The van der Waals surface area contributed by atoms with Gasteiger partial charge in [-0.05, 0) is 12.1 Å². The third-order valence-electron chi connectivity index (χ3n) is 3.60. The van der Waals surface area contributed by atoms with Gasteiger partial charge in [0.25, 0.3) is 0 Å². The summed E-state index contributed by atoms with van der Waals surface area (Å²) in [7, 11) is 5.72. The lowest BCUT2D eigenvalue weighted by molar-refractivity contribution is 1.35. The number of hydrogen-bond acceptors (Lipinski definition) is 1. The zero-order chi connectivity index (χ0) is 13.5. The van der Waals surface area contributed by atoms with Crippen LogP contribution in [0.2, 0.25) is 0 Å². The number of aromatic nitrogens is 2. The molecule has 20 heavy (non-hydrogen) atoms. The number of H-pyrrole nitrogens is 1. The largest absolute Gasteiger partial charge is 0.354 e. The van der Waals surface area contributed by atoms with Crippen molar-refractivity contribution in [3.05, 3.63) is 60.8 Å². The summed E-state index contributed by atoms with van der Waals surface area (Å²) in [5.41, 5.74) is 5.02. The van der Waals surface area contributed by atoms with Crippen LogP contribution in [0.5, 0.6) is 0 Å². The Hall–Kier alpha value is -2.55. The van der Waals surface area contributed by atoms with Gasteiger partial charge in [-0.1, -0.05) is 47.9 Å². The van der Waals surface area contributed by atoms with E-state index >= 15 is 0 Å². The van der Waals surface area contributed by atoms with Crippen molar-refractivity contribution < 1.29 is 0 Å². The molecule has 0 unspecified atom stereocenters. The quantitative estimate of drug-likeness (QED) is 0.519. The van der Waals surface area contributed by atoms with Crippen molar-refractivity contribution >= 4 is 35.1 Å². The van der Waals surface area contributed by atoms with Crippen LogP contribution >= 0.6 is 0 Å². The fraction of sp³-hybridized carbons (Fsp3) is 0. The average Bonchev–Trinajstić information content (AvgIpc) is 2.85. The van der Waals surface area contributed by atoms with Crippen molar-refractivity contribution in [2.24, 2.45) is 0 Å². The lowest BCUT2D eigenvalue weighted by Gasteiger charge is -2.01. The van der Waals surface area contributed by atoms with E-state index in [-0.39, 0.29) is 0 Å². The van der Waals surface area contributed by atoms with Gasteiger partial charge in [0.2, 0.25) is 0 Å². The third kappa shape index (κ3) is 1.71. The maximum absolute atomic E-state index is 5.72. The van der Waals surface area contributed by atoms with Gasteiger partial charge in [0, 0.05) is 28.0 Å². The molecule has 2 heterocycles. The zero-order valence-electron chi connectivity index (χ0n) is 10.8. The maximum atomic E-state index is 5.72. The van der Waals surface area contributed by atoms with Gasteiger partial charge < -0.3 is 4.98 Å². The summed E-state index contributed by atoms with van der Waals surface area (Å²) in [4.78, 5) is 8.00. The van der Waals surface area contributed by atoms with Crippen molar-refractivity contribution in [1.29, 1.82) is 0 Å². The van der Waals surface area contributed by atoms with Gasteiger partial charge >= 0.3 is 0 Å². The topological polar surface area (TPSA) is 28.7 Å². The van der Waals surface area contributed by atoms with Crippen LogP contribution in [-0.2, 0) is 0 Å². The predicted octanol–water partition coefficient (Wildman–Crippen LogP) is 3.18. The molecule has 0 saturated carbocycles. The van der Waals surface area contributed by atoms with Gasteiger partial charge in [-0.3, -0.25) is 4.98 Å². The molecule has 0 spiro atoms. The molecule has 1 N–H and O–H groups in total. The summed E-state index contributed by atoms with van der Waals surface area (Å²) in [6.07, 6.45) is 1.93. The first-order chi connectivity index (χ1) is 9.81. The number of para-hydroxylation sites is 1. The van der Waals surface area contributed by atoms with Crippen LogP contribution in [0.4, 0.5) is 0 Å². The molecule has 0 amide bonds. The van der Waals surface area contributed by atoms with E-state index in [9.17, 15) is 0 Å². The molecule has 0 saturated heterocycles. The summed E-state index contributed by atoms with van der Waals surface area (Å²) in [5.74, 6) is 0. The minimum absolute atomic E-state index is 0.764. The second-order valence-corrected chi connectivity index (χ2v) is 4.91. The highest BCUT2D eigenvalue weighted by atomic mass is 14.7. The van der Waals surface area contributed by atoms with E-state index in [2.05, 4.69) is 28.2 Å². The van der Waals surface area contributed by atoms with Crippen LogP contribution in [-0.4, -0.2) is 17.8 Å². The molecule has 2 aromatic carbocycles. The van der Waals surface area contributed by atoms with Crippen molar-refractivity contribution in [3.63, 3.8) is 0 Å². The molecule has 92 valence electrons. The Balaban J connectivity index is 1.94. The molecule has 4 rings (SSSR count). The van der Waals surface area contributed by atoms with Crippen LogP contribution in [0.25, 0.3) is 33.1 Å². The molecule has 3 heteroatoms. The zero-order valence-corrected chi connectivity index (χ0v) is 10.8. The lowest BCUT2D eigenvalue weighted by Crippen LogP contribution is -1.99. The van der Waals surface area contributed by atoms with E-state index in [0.717, 1.165) is 33.1 Å². The van der Waals surface area contributed by atoms with Crippen molar-refractivity contribution in [2.45, 2.75) is 0 Å². The van der Waals surface area contributed by atoms with Crippen LogP contribution in [0.15, 0.2) is 60.8 Å². The average molecular weight is 254 g/mol. The van der Waals surface area contributed by atoms with Crippen molar-refractivity contribution in [3.8, 4) is 11.3 Å². The molecule has 0 aliphatic carbocycles. The second-order valence-electron chi connectivity index (χ2n) is 4.91. The van der Waals surface area contributed by atoms with E-state index in [4.69, 9.17) is 7.85 Å². The standard InChI is InChI=1S/C17H11BN2/c18-12-7-5-11(6-8-12)16-9-17-14(10-19-16)13-3-1-2-4-15(13)20-17/h1-10,20H. The summed E-state index contributed by atoms with van der Waals surface area (Å²) in [5, 5.41) is 2.36. The Bertz CT molecular complexity index is 907. The first-order valence-corrected chi connectivity index (χ1v) is 6.54. The highest BCUT2D eigenvalue weighted by Gasteiger charge is 2.06. The van der Waals surface area contributed by atoms with Gasteiger partial charge in [-0.2, -0.15) is 0 Å². The monoisotopic (exact) mass is 254 g/mol. The Morgan fingerprint density at radius 2 is 1.65 bits per heavy atom. The fourth-order valence-electron chi connectivity index (χ4n) is 2.56. The smallest absolute Gasteiger partial charge is 0.113 e. The van der Waals surface area contributed by atoms with E-state index in [0.29, 0.717) is 0 Å². The number of benzene rings is 2. The molecule has 0 atom stereocenters. The van der Waals surface area contributed by atoms with Crippen LogP contribution in [0.1, 0.15) is 0 Å². The predicted molar refractivity (Wildman–Crippen MR) is 84.4 cm³/mol. The summed E-state index contributed by atoms with van der Waals surface area (Å²) in [6, 6.07) is 18.1. The number of rotatable bonds is 1. The Kier molecular flexibility index (Phi) is 2.39. The first kappa shape index (κ1) is 11.3. The number of nitrogens with one attached hydrogen (secondary N) is 1. The molecule has 0 bridgehead atoms. The van der Waals surface area contributed by atoms with Gasteiger partial charge in [0.15, 0.2) is 0 Å². The SMILES string of the molecule is [B]c1ccc(-c2cc3[nH]c4ccccc4c3cn2)cc1. The summed E-state index contributed by atoms with van der Waals surface area (Å²) < 4.78 is 0. The molecule has 4 aromatic rings. The molecular formula is C17H11BN2. The Morgan fingerprint density at radius 1 is 0.850 bits per heavy atom. The number of hydrogen-bond donors (Lipinski definition) is 1. The van der Waals surface area contributed by atoms with Gasteiger partial charge in [0.1, 0.15) is 7.85 Å². The number of pyridine rings is 1. The molecule has 2 aromatic heterocycles. The minimum atomic E-state index is 0.764. The fourth-order valence-corrected chi connectivity index (χ4v) is 2.56. The lowest BCUT2D eigenvalue weighted by atomic mass is 9.95. The molecule has 0 fully saturated rings. The maximum Gasteiger partial charge on any atom is 0.113 e. The molecular weight excluding hydrogens is 243 g/mol. The van der Waals surface area contributed by atoms with E-state index < -0.39 is 0 Å². The number of nitrogens with zero attached hydrogens (tertiary/aromatic N) is 1. The van der Waals surface area contributed by atoms with Gasteiger partial charge in [-0.25, -0.2) is 0 Å². The second kappa shape index (κ2) is 4.24. The van der Waals surface area contributed by atoms with E-state index in [1.807, 2.05) is 42.6 Å². The third-order valence-corrected chi connectivity index (χ3v) is 3.60. The molecule has 2 radical (unpaired) electrons. The Morgan fingerprint density at radius 3 is 2.50 bits per heavy atom. The van der Waals surface area contributed by atoms with Crippen LogP contribution in [0, 0.1) is 0 Å². The first-order valence-electron chi connectivity index (χ1n) is 6.54. The molecule has 0 aliphatic rings. The molecule has 0 aliphatic heterocycles.